The lowest BCUT2D eigenvalue weighted by Crippen LogP contribution is -2.33. The Labute approximate surface area is 117 Å². The molecule has 4 heteroatoms. The van der Waals surface area contributed by atoms with E-state index in [4.69, 9.17) is 23.2 Å². The van der Waals surface area contributed by atoms with Crippen LogP contribution in [0.4, 0.5) is 0 Å². The summed E-state index contributed by atoms with van der Waals surface area (Å²) in [6.07, 6.45) is 3.30. The van der Waals surface area contributed by atoms with E-state index in [1.54, 1.807) is 12.1 Å². The van der Waals surface area contributed by atoms with Crippen LogP contribution in [0.1, 0.15) is 31.7 Å². The Bertz CT molecular complexity index is 475. The van der Waals surface area contributed by atoms with Crippen molar-refractivity contribution < 1.29 is 5.11 Å². The molecule has 1 N–H and O–H groups in total. The molecule has 2 unspecified atom stereocenters. The highest BCUT2D eigenvalue weighted by Crippen LogP contribution is 2.42. The predicted octanol–water partition coefficient (Wildman–Crippen LogP) is 3.44. The highest BCUT2D eigenvalue weighted by Gasteiger charge is 2.46. The van der Waals surface area contributed by atoms with Crippen molar-refractivity contribution in [3.05, 3.63) is 33.8 Å². The molecule has 0 aromatic heterocycles. The van der Waals surface area contributed by atoms with Crippen LogP contribution in [0, 0.1) is 0 Å². The summed E-state index contributed by atoms with van der Waals surface area (Å²) in [7, 11) is 0. The van der Waals surface area contributed by atoms with Gasteiger partial charge >= 0.3 is 0 Å². The minimum atomic E-state index is -0.782. The smallest absolute Gasteiger partial charge is 0.104 e. The monoisotopic (exact) mass is 285 g/mol. The van der Waals surface area contributed by atoms with Gasteiger partial charge in [-0.2, -0.15) is 0 Å². The van der Waals surface area contributed by atoms with E-state index in [9.17, 15) is 5.11 Å². The molecule has 0 spiro atoms. The van der Waals surface area contributed by atoms with Crippen molar-refractivity contribution in [2.75, 3.05) is 6.54 Å². The van der Waals surface area contributed by atoms with Crippen molar-refractivity contribution in [2.45, 2.75) is 43.9 Å². The summed E-state index contributed by atoms with van der Waals surface area (Å²) in [5.41, 5.74) is 0.0999. The highest BCUT2D eigenvalue weighted by atomic mass is 35.5. The van der Waals surface area contributed by atoms with E-state index in [0.717, 1.165) is 12.0 Å². The molecule has 2 atom stereocenters. The van der Waals surface area contributed by atoms with E-state index in [1.807, 2.05) is 6.07 Å². The van der Waals surface area contributed by atoms with Gasteiger partial charge in [0, 0.05) is 18.6 Å². The molecule has 2 aliphatic rings. The molecule has 1 aliphatic heterocycles. The first-order valence-electron chi connectivity index (χ1n) is 6.43. The van der Waals surface area contributed by atoms with Gasteiger partial charge in [0.1, 0.15) is 5.60 Å². The van der Waals surface area contributed by atoms with Crippen molar-refractivity contribution in [1.82, 2.24) is 4.90 Å². The minimum absolute atomic E-state index is 0.428. The largest absolute Gasteiger partial charge is 0.384 e. The second kappa shape index (κ2) is 4.38. The third-order valence-electron chi connectivity index (χ3n) is 4.12. The molecule has 18 heavy (non-hydrogen) atoms. The lowest BCUT2D eigenvalue weighted by Gasteiger charge is -2.24. The highest BCUT2D eigenvalue weighted by molar-refractivity contribution is 6.42. The van der Waals surface area contributed by atoms with Crippen LogP contribution in [0.5, 0.6) is 0 Å². The molecule has 2 nitrogen and oxygen atoms in total. The fraction of sp³-hybridized carbons (Fsp3) is 0.571. The quantitative estimate of drug-likeness (QED) is 0.900. The van der Waals surface area contributed by atoms with Crippen molar-refractivity contribution in [3.8, 4) is 0 Å². The Balaban J connectivity index is 1.88. The molecule has 98 valence electrons. The number of nitrogens with zero attached hydrogens (tertiary/aromatic N) is 1. The van der Waals surface area contributed by atoms with Gasteiger partial charge in [0.25, 0.3) is 0 Å². The van der Waals surface area contributed by atoms with Gasteiger partial charge < -0.3 is 5.11 Å². The number of rotatable bonds is 2. The standard InChI is InChI=1S/C14H17Cl2NO/c1-9-7-14(18,8-17(9)11-3-4-11)10-2-5-12(15)13(16)6-10/h2,5-6,9,11,18H,3-4,7-8H2,1H3. The van der Waals surface area contributed by atoms with E-state index < -0.39 is 5.60 Å². The average Bonchev–Trinajstić information content (AvgIpc) is 3.09. The lowest BCUT2D eigenvalue weighted by atomic mass is 9.91. The predicted molar refractivity (Wildman–Crippen MR) is 74.2 cm³/mol. The van der Waals surface area contributed by atoms with Crippen molar-refractivity contribution in [3.63, 3.8) is 0 Å². The van der Waals surface area contributed by atoms with Crippen molar-refractivity contribution in [2.24, 2.45) is 0 Å². The van der Waals surface area contributed by atoms with Crippen LogP contribution in [0.2, 0.25) is 10.0 Å². The Hall–Kier alpha value is -0.280. The zero-order valence-corrected chi connectivity index (χ0v) is 11.9. The number of benzene rings is 1. The third kappa shape index (κ3) is 2.16. The summed E-state index contributed by atoms with van der Waals surface area (Å²) in [6.45, 7) is 2.89. The maximum absolute atomic E-state index is 10.9. The van der Waals surface area contributed by atoms with Gasteiger partial charge in [0.2, 0.25) is 0 Å². The topological polar surface area (TPSA) is 23.5 Å². The third-order valence-corrected chi connectivity index (χ3v) is 4.86. The summed E-state index contributed by atoms with van der Waals surface area (Å²) in [6, 6.07) is 6.56. The van der Waals surface area contributed by atoms with Gasteiger partial charge in [-0.1, -0.05) is 29.3 Å². The number of likely N-dealkylation sites (tertiary alicyclic amines) is 1. The minimum Gasteiger partial charge on any atom is -0.384 e. The summed E-state index contributed by atoms with van der Waals surface area (Å²) in [5, 5.41) is 11.9. The van der Waals surface area contributed by atoms with Crippen LogP contribution in [0.15, 0.2) is 18.2 Å². The zero-order valence-electron chi connectivity index (χ0n) is 10.4. The van der Waals surface area contributed by atoms with Crippen LogP contribution in [-0.4, -0.2) is 28.6 Å². The molecule has 0 radical (unpaired) electrons. The molecule has 1 aromatic rings. The number of aliphatic hydroxyl groups is 1. The molecular formula is C14H17Cl2NO. The molecule has 1 aliphatic carbocycles. The first-order valence-corrected chi connectivity index (χ1v) is 7.19. The second-order valence-electron chi connectivity index (χ2n) is 5.62. The Morgan fingerprint density at radius 2 is 2.00 bits per heavy atom. The molecule has 2 fully saturated rings. The van der Waals surface area contributed by atoms with E-state index in [1.165, 1.54) is 12.8 Å². The maximum Gasteiger partial charge on any atom is 0.104 e. The van der Waals surface area contributed by atoms with Gasteiger partial charge in [-0.3, -0.25) is 4.90 Å². The normalized spacial score (nSPS) is 33.0. The van der Waals surface area contributed by atoms with Crippen LogP contribution >= 0.6 is 23.2 Å². The molecule has 0 amide bonds. The van der Waals surface area contributed by atoms with Crippen molar-refractivity contribution >= 4 is 23.2 Å². The van der Waals surface area contributed by atoms with E-state index >= 15 is 0 Å². The number of halogens is 2. The van der Waals surface area contributed by atoms with E-state index in [0.29, 0.717) is 28.7 Å². The van der Waals surface area contributed by atoms with Gasteiger partial charge in [-0.05, 0) is 43.9 Å². The molecule has 1 heterocycles. The number of β-amino-alcohol motifs (C(OH)–C–C–N with tert-alkyl or cyclic N) is 1. The summed E-state index contributed by atoms with van der Waals surface area (Å²) in [5.74, 6) is 0. The van der Waals surface area contributed by atoms with E-state index in [2.05, 4.69) is 11.8 Å². The van der Waals surface area contributed by atoms with Gasteiger partial charge in [0.05, 0.1) is 10.0 Å². The molecule has 1 aromatic carbocycles. The molecular weight excluding hydrogens is 269 g/mol. The average molecular weight is 286 g/mol. The Kier molecular flexibility index (Phi) is 3.10. The number of hydrogen-bond acceptors (Lipinski definition) is 2. The fourth-order valence-electron chi connectivity index (χ4n) is 3.02. The second-order valence-corrected chi connectivity index (χ2v) is 6.43. The maximum atomic E-state index is 10.9. The summed E-state index contributed by atoms with van der Waals surface area (Å²) < 4.78 is 0. The first-order chi connectivity index (χ1) is 8.49. The van der Waals surface area contributed by atoms with Crippen LogP contribution in [0.25, 0.3) is 0 Å². The molecule has 1 saturated carbocycles. The van der Waals surface area contributed by atoms with Crippen molar-refractivity contribution in [1.29, 1.82) is 0 Å². The van der Waals surface area contributed by atoms with Crippen LogP contribution in [0.3, 0.4) is 0 Å². The number of hydrogen-bond donors (Lipinski definition) is 1. The van der Waals surface area contributed by atoms with Crippen LogP contribution in [-0.2, 0) is 5.60 Å². The molecule has 0 bridgehead atoms. The fourth-order valence-corrected chi connectivity index (χ4v) is 3.32. The van der Waals surface area contributed by atoms with Crippen LogP contribution < -0.4 is 0 Å². The molecule has 3 rings (SSSR count). The first kappa shape index (κ1) is 12.7. The summed E-state index contributed by atoms with van der Waals surface area (Å²) >= 11 is 12.0. The van der Waals surface area contributed by atoms with Gasteiger partial charge in [-0.25, -0.2) is 0 Å². The Morgan fingerprint density at radius 3 is 2.61 bits per heavy atom. The van der Waals surface area contributed by atoms with Gasteiger partial charge in [0.15, 0.2) is 0 Å². The SMILES string of the molecule is CC1CC(O)(c2ccc(Cl)c(Cl)c2)CN1C1CC1. The lowest BCUT2D eigenvalue weighted by molar-refractivity contribution is 0.0452. The van der Waals surface area contributed by atoms with Gasteiger partial charge in [-0.15, -0.1) is 0 Å². The van der Waals surface area contributed by atoms with E-state index in [-0.39, 0.29) is 0 Å². The Morgan fingerprint density at radius 1 is 1.28 bits per heavy atom. The summed E-state index contributed by atoms with van der Waals surface area (Å²) in [4.78, 5) is 2.42. The molecule has 1 saturated heterocycles. The zero-order chi connectivity index (χ0) is 12.9.